The molecule has 2 N–H and O–H groups in total. The molecule has 4 aliphatic rings. The lowest BCUT2D eigenvalue weighted by atomic mass is 9.99. The van der Waals surface area contributed by atoms with Crippen LogP contribution >= 0.6 is 34.8 Å². The van der Waals surface area contributed by atoms with Gasteiger partial charge in [-0.3, -0.25) is 24.3 Å². The number of oxazole rings is 1. The van der Waals surface area contributed by atoms with Crippen LogP contribution in [0.3, 0.4) is 0 Å². The number of benzene rings is 3. The number of hydrogen-bond donors (Lipinski definition) is 2. The van der Waals surface area contributed by atoms with Gasteiger partial charge < -0.3 is 14.3 Å². The number of hydrogen-bond acceptors (Lipinski definition) is 11. The quantitative estimate of drug-likeness (QED) is 0.149. The third-order valence-electron chi connectivity index (χ3n) is 11.4. The number of ether oxygens (including phenoxy) is 1. The van der Waals surface area contributed by atoms with Crippen molar-refractivity contribution >= 4 is 61.8 Å². The van der Waals surface area contributed by atoms with Crippen LogP contribution < -0.4 is 9.46 Å². The molecule has 56 heavy (non-hydrogen) atoms. The highest BCUT2D eigenvalue weighted by Gasteiger charge is 2.41. The van der Waals surface area contributed by atoms with Gasteiger partial charge in [-0.1, -0.05) is 65.1 Å². The van der Waals surface area contributed by atoms with Gasteiger partial charge in [0.25, 0.3) is 0 Å². The van der Waals surface area contributed by atoms with E-state index in [9.17, 15) is 18.3 Å². The zero-order chi connectivity index (χ0) is 38.9. The minimum atomic E-state index is -3.59. The zero-order valence-electron chi connectivity index (χ0n) is 30.5. The van der Waals surface area contributed by atoms with E-state index in [4.69, 9.17) is 53.9 Å². The van der Waals surface area contributed by atoms with Crippen molar-refractivity contribution < 1.29 is 27.5 Å². The van der Waals surface area contributed by atoms with E-state index in [1.54, 1.807) is 13.3 Å². The van der Waals surface area contributed by atoms with E-state index < -0.39 is 27.1 Å². The number of halogens is 3. The molecule has 3 atom stereocenters. The molecule has 2 aromatic heterocycles. The predicted octanol–water partition coefficient (Wildman–Crippen LogP) is 7.07. The van der Waals surface area contributed by atoms with Crippen molar-refractivity contribution in [1.29, 1.82) is 0 Å². The number of carbonyl (C=O) groups excluding carboxylic acids is 1. The molecule has 2 aliphatic heterocycles. The number of amides is 1. The molecule has 0 spiro atoms. The molecule has 3 aromatic carbocycles. The Morgan fingerprint density at radius 3 is 2.39 bits per heavy atom. The Bertz CT molecular complexity index is 2490. The average molecular weight is 838 g/mol. The number of aromatic nitrogens is 3. The van der Waals surface area contributed by atoms with E-state index in [0.29, 0.717) is 117 Å². The van der Waals surface area contributed by atoms with E-state index in [-0.39, 0.29) is 12.1 Å². The maximum atomic E-state index is 12.9. The number of nitrogens with zero attached hydrogens (tertiary/aromatic N) is 5. The minimum Gasteiger partial charge on any atom is -0.480 e. The van der Waals surface area contributed by atoms with Gasteiger partial charge in [0.1, 0.15) is 11.2 Å². The van der Waals surface area contributed by atoms with E-state index in [0.717, 1.165) is 36.9 Å². The molecule has 1 amide bonds. The first-order chi connectivity index (χ1) is 27.0. The third kappa shape index (κ3) is 6.95. The number of rotatable bonds is 10. The molecule has 16 heteroatoms. The van der Waals surface area contributed by atoms with E-state index >= 15 is 0 Å². The molecule has 4 heterocycles. The second kappa shape index (κ2) is 14.8. The summed E-state index contributed by atoms with van der Waals surface area (Å²) in [7, 11) is -2.03. The van der Waals surface area contributed by atoms with Crippen molar-refractivity contribution in [2.45, 2.75) is 62.5 Å². The highest BCUT2D eigenvalue weighted by molar-refractivity contribution is 7.90. The van der Waals surface area contributed by atoms with Crippen molar-refractivity contribution in [2.75, 3.05) is 33.3 Å². The smallest absolute Gasteiger partial charge is 0.237 e. The highest BCUT2D eigenvalue weighted by atomic mass is 35.5. The molecular formula is C40H39Cl3N6O6S. The van der Waals surface area contributed by atoms with Crippen LogP contribution in [0.2, 0.25) is 15.1 Å². The Morgan fingerprint density at radius 2 is 1.68 bits per heavy atom. The summed E-state index contributed by atoms with van der Waals surface area (Å²) >= 11 is 21.3. The first-order valence-corrected chi connectivity index (χ1v) is 21.5. The van der Waals surface area contributed by atoms with Gasteiger partial charge in [-0.15, -0.1) is 0 Å². The van der Waals surface area contributed by atoms with Crippen LogP contribution in [0.4, 0.5) is 0 Å². The number of β-amino-alcohol motifs (C(OH)–C–C–N with tert-alkyl or cyclic N) is 1. The van der Waals surface area contributed by atoms with Crippen LogP contribution in [0.5, 0.6) is 5.88 Å². The average Bonchev–Trinajstić information content (AvgIpc) is 3.46. The van der Waals surface area contributed by atoms with Crippen LogP contribution in [-0.4, -0.2) is 88.8 Å². The lowest BCUT2D eigenvalue weighted by molar-refractivity contribution is -0.122. The summed E-state index contributed by atoms with van der Waals surface area (Å²) in [6.07, 6.45) is 5.42. The van der Waals surface area contributed by atoms with Crippen molar-refractivity contribution in [3.63, 3.8) is 0 Å². The second-order valence-electron chi connectivity index (χ2n) is 15.1. The molecule has 2 saturated heterocycles. The monoisotopic (exact) mass is 836 g/mol. The summed E-state index contributed by atoms with van der Waals surface area (Å²) in [6.45, 7) is 3.02. The fourth-order valence-corrected chi connectivity index (χ4v) is 10.7. The number of nitrogens with one attached hydrogen (secondary N) is 1. The summed E-state index contributed by atoms with van der Waals surface area (Å²) in [5.74, 6) is -0.108. The Labute approximate surface area is 339 Å². The minimum absolute atomic E-state index is 0.0196. The van der Waals surface area contributed by atoms with Gasteiger partial charge in [-0.05, 0) is 68.3 Å². The SMILES string of the molecule is COc1nc(-c2cccc(-c3cccc(-c4nc5cc6c(c(Cl)c5o4)CC[C@H]6N4CC[C@@H](C(=O)NS(=O)(=O)C5CC5)C4)c3Cl)c2Cl)cnc1CN1CC[C@@H](O)C1. The van der Waals surface area contributed by atoms with Crippen molar-refractivity contribution in [2.24, 2.45) is 5.92 Å². The summed E-state index contributed by atoms with van der Waals surface area (Å²) in [5, 5.41) is 10.8. The molecule has 12 nitrogen and oxygen atoms in total. The van der Waals surface area contributed by atoms with Crippen molar-refractivity contribution in [3.05, 3.63) is 80.6 Å². The standard InChI is InChI=1S/C40H39Cl3N6O6S/c1-54-40-32(20-48-14-13-22(50)19-48)44-17-31(46-40)27-6-2-4-24(34(27)41)25-5-3-7-28(35(25)42)39-45-30-16-29-26(36(43)37(30)55-39)10-11-33(29)49-15-12-21(18-49)38(51)47-56(52,53)23-8-9-23/h2-7,16-17,21-23,33,50H,8-15,18-20H2,1H3,(H,47,51)/t21-,22-,33-/m1/s1. The molecule has 9 rings (SSSR count). The molecule has 0 bridgehead atoms. The molecule has 3 fully saturated rings. The lowest BCUT2D eigenvalue weighted by Gasteiger charge is -2.25. The fourth-order valence-electron chi connectivity index (χ4n) is 8.35. The van der Waals surface area contributed by atoms with Crippen LogP contribution in [0.15, 0.2) is 53.1 Å². The fraction of sp³-hybridized carbons (Fsp3) is 0.400. The van der Waals surface area contributed by atoms with Crippen molar-refractivity contribution in [3.8, 4) is 39.7 Å². The Hall–Kier alpha value is -3.82. The third-order valence-corrected chi connectivity index (χ3v) is 14.5. The van der Waals surface area contributed by atoms with E-state index in [1.807, 2.05) is 42.5 Å². The number of sulfonamides is 1. The summed E-state index contributed by atoms with van der Waals surface area (Å²) < 4.78 is 39.1. The first-order valence-electron chi connectivity index (χ1n) is 18.8. The second-order valence-corrected chi connectivity index (χ2v) is 18.2. The van der Waals surface area contributed by atoms with Gasteiger partial charge in [0, 0.05) is 48.9 Å². The normalized spacial score (nSPS) is 21.6. The summed E-state index contributed by atoms with van der Waals surface area (Å²) in [6, 6.07) is 13.3. The number of fused-ring (bicyclic) bond motifs is 2. The van der Waals surface area contributed by atoms with Gasteiger partial charge in [-0.2, -0.15) is 0 Å². The molecule has 0 radical (unpaired) electrons. The Balaban J connectivity index is 0.975. The Morgan fingerprint density at radius 1 is 0.946 bits per heavy atom. The van der Waals surface area contributed by atoms with Gasteiger partial charge in [0.2, 0.25) is 27.7 Å². The molecule has 0 unspecified atom stereocenters. The molecule has 2 aliphatic carbocycles. The Kier molecular flexibility index (Phi) is 10.0. The molecule has 1 saturated carbocycles. The molecule has 292 valence electrons. The zero-order valence-corrected chi connectivity index (χ0v) is 33.6. The molecular weight excluding hydrogens is 799 g/mol. The largest absolute Gasteiger partial charge is 0.480 e. The topological polar surface area (TPSA) is 151 Å². The van der Waals surface area contributed by atoms with Gasteiger partial charge >= 0.3 is 0 Å². The van der Waals surface area contributed by atoms with Gasteiger partial charge in [-0.25, -0.2) is 18.4 Å². The number of aliphatic hydroxyl groups excluding tert-OH is 1. The van der Waals surface area contributed by atoms with Crippen LogP contribution in [-0.2, 0) is 27.8 Å². The number of methoxy groups -OCH3 is 1. The number of aliphatic hydroxyl groups is 1. The van der Waals surface area contributed by atoms with E-state index in [1.165, 1.54) is 0 Å². The maximum absolute atomic E-state index is 12.9. The molecule has 5 aromatic rings. The van der Waals surface area contributed by atoms with E-state index in [2.05, 4.69) is 19.5 Å². The van der Waals surface area contributed by atoms with Crippen LogP contribution in [0.1, 0.15) is 55.0 Å². The van der Waals surface area contributed by atoms with Crippen LogP contribution in [0.25, 0.3) is 44.9 Å². The first kappa shape index (κ1) is 37.7. The van der Waals surface area contributed by atoms with Gasteiger partial charge in [0.05, 0.1) is 56.9 Å². The van der Waals surface area contributed by atoms with Crippen LogP contribution in [0, 0.1) is 5.92 Å². The van der Waals surface area contributed by atoms with Gasteiger partial charge in [0.15, 0.2) is 5.58 Å². The number of carbonyl (C=O) groups is 1. The number of likely N-dealkylation sites (tertiary alicyclic amines) is 2. The lowest BCUT2D eigenvalue weighted by Crippen LogP contribution is -2.38. The maximum Gasteiger partial charge on any atom is 0.237 e. The highest BCUT2D eigenvalue weighted by Crippen LogP contribution is 2.47. The predicted molar refractivity (Wildman–Crippen MR) is 214 cm³/mol. The summed E-state index contributed by atoms with van der Waals surface area (Å²) in [4.78, 5) is 31.6. The summed E-state index contributed by atoms with van der Waals surface area (Å²) in [5.41, 5.74) is 6.91. The van der Waals surface area contributed by atoms with Crippen molar-refractivity contribution in [1.82, 2.24) is 29.5 Å².